The molecule has 1 atom stereocenters. The van der Waals surface area contributed by atoms with Crippen molar-refractivity contribution in [3.05, 3.63) is 35.9 Å². The molecule has 1 heteroatoms. The van der Waals surface area contributed by atoms with Gasteiger partial charge in [-0.05, 0) is 24.3 Å². The van der Waals surface area contributed by atoms with Gasteiger partial charge in [0.25, 0.3) is 0 Å². The fourth-order valence-electron chi connectivity index (χ4n) is 2.42. The van der Waals surface area contributed by atoms with Crippen molar-refractivity contribution in [2.45, 2.75) is 38.2 Å². The molecule has 0 unspecified atom stereocenters. The van der Waals surface area contributed by atoms with Crippen molar-refractivity contribution in [3.8, 4) is 0 Å². The van der Waals surface area contributed by atoms with Gasteiger partial charge in [-0.3, -0.25) is 0 Å². The van der Waals surface area contributed by atoms with E-state index in [9.17, 15) is 5.11 Å². The fraction of sp³-hybridized carbons (Fsp3) is 0.538. The first-order valence-electron chi connectivity index (χ1n) is 5.41. The molecular weight excluding hydrogens is 172 g/mol. The largest absolute Gasteiger partial charge is 0.389 e. The molecule has 0 radical (unpaired) electrons. The second kappa shape index (κ2) is 3.39. The first-order chi connectivity index (χ1) is 6.63. The van der Waals surface area contributed by atoms with E-state index in [4.69, 9.17) is 0 Å². The molecule has 0 saturated heterocycles. The molecule has 1 fully saturated rings. The van der Waals surface area contributed by atoms with Crippen LogP contribution in [0.1, 0.15) is 38.2 Å². The average molecular weight is 190 g/mol. The highest BCUT2D eigenvalue weighted by atomic mass is 16.3. The van der Waals surface area contributed by atoms with Gasteiger partial charge >= 0.3 is 0 Å². The molecule has 1 aliphatic rings. The summed E-state index contributed by atoms with van der Waals surface area (Å²) in [6.07, 6.45) is 1.93. The first-order valence-corrected chi connectivity index (χ1v) is 5.41. The molecule has 0 spiro atoms. The Kier molecular flexibility index (Phi) is 2.36. The highest BCUT2D eigenvalue weighted by Crippen LogP contribution is 2.50. The van der Waals surface area contributed by atoms with Gasteiger partial charge in [0.05, 0.1) is 5.60 Å². The molecule has 1 aliphatic carbocycles. The molecule has 1 saturated carbocycles. The minimum atomic E-state index is -0.407. The molecule has 0 heterocycles. The Hall–Kier alpha value is -0.820. The maximum atomic E-state index is 10.2. The van der Waals surface area contributed by atoms with E-state index in [0.29, 0.717) is 11.8 Å². The smallest absolute Gasteiger partial charge is 0.0720 e. The highest BCUT2D eigenvalue weighted by molar-refractivity contribution is 5.26. The lowest BCUT2D eigenvalue weighted by Gasteiger charge is -2.26. The lowest BCUT2D eigenvalue weighted by molar-refractivity contribution is 0.0974. The first kappa shape index (κ1) is 9.72. The second-order valence-electron chi connectivity index (χ2n) is 4.74. The number of benzene rings is 1. The molecule has 1 aromatic carbocycles. The molecule has 76 valence electrons. The second-order valence-corrected chi connectivity index (χ2v) is 4.74. The van der Waals surface area contributed by atoms with Crippen molar-refractivity contribution in [2.75, 3.05) is 0 Å². The van der Waals surface area contributed by atoms with Crippen LogP contribution in [0.25, 0.3) is 0 Å². The number of aliphatic hydroxyl groups is 1. The summed E-state index contributed by atoms with van der Waals surface area (Å²) in [4.78, 5) is 0. The van der Waals surface area contributed by atoms with E-state index in [1.54, 1.807) is 0 Å². The van der Waals surface area contributed by atoms with Crippen LogP contribution in [0.5, 0.6) is 0 Å². The Balaban J connectivity index is 2.28. The van der Waals surface area contributed by atoms with Crippen molar-refractivity contribution in [3.63, 3.8) is 0 Å². The minimum absolute atomic E-state index is 0.309. The normalized spacial score (nSPS) is 20.9. The molecule has 0 aromatic heterocycles. The Morgan fingerprint density at radius 2 is 1.71 bits per heavy atom. The average Bonchev–Trinajstić information content (AvgIpc) is 2.85. The van der Waals surface area contributed by atoms with E-state index in [0.717, 1.165) is 12.8 Å². The van der Waals surface area contributed by atoms with Gasteiger partial charge in [0.1, 0.15) is 0 Å². The van der Waals surface area contributed by atoms with Gasteiger partial charge in [-0.1, -0.05) is 44.2 Å². The quantitative estimate of drug-likeness (QED) is 0.777. The van der Waals surface area contributed by atoms with Crippen LogP contribution in [0.2, 0.25) is 0 Å². The summed E-state index contributed by atoms with van der Waals surface area (Å²) < 4.78 is 0. The Labute approximate surface area is 85.8 Å². The molecule has 1 aromatic rings. The van der Waals surface area contributed by atoms with Crippen molar-refractivity contribution in [2.24, 2.45) is 5.92 Å². The van der Waals surface area contributed by atoms with Crippen LogP contribution in [0.3, 0.4) is 0 Å². The third kappa shape index (κ3) is 1.69. The minimum Gasteiger partial charge on any atom is -0.389 e. The van der Waals surface area contributed by atoms with Crippen molar-refractivity contribution >= 4 is 0 Å². The summed E-state index contributed by atoms with van der Waals surface area (Å²) in [6, 6.07) is 10.4. The van der Waals surface area contributed by atoms with E-state index in [1.807, 2.05) is 6.07 Å². The zero-order valence-corrected chi connectivity index (χ0v) is 8.90. The highest BCUT2D eigenvalue weighted by Gasteiger charge is 2.49. The molecule has 14 heavy (non-hydrogen) atoms. The van der Waals surface area contributed by atoms with Crippen LogP contribution in [0, 0.1) is 5.92 Å². The maximum Gasteiger partial charge on any atom is 0.0720 e. The number of hydrogen-bond donors (Lipinski definition) is 1. The van der Waals surface area contributed by atoms with Gasteiger partial charge in [-0.15, -0.1) is 0 Å². The molecule has 2 rings (SSSR count). The zero-order valence-electron chi connectivity index (χ0n) is 8.90. The summed E-state index contributed by atoms with van der Waals surface area (Å²) in [6.45, 7) is 4.38. The summed E-state index contributed by atoms with van der Waals surface area (Å²) >= 11 is 0. The zero-order chi connectivity index (χ0) is 10.2. The third-order valence-corrected chi connectivity index (χ3v) is 3.17. The molecule has 0 bridgehead atoms. The van der Waals surface area contributed by atoms with Crippen LogP contribution in [0.4, 0.5) is 0 Å². The summed E-state index contributed by atoms with van der Waals surface area (Å²) in [5.74, 6) is 0.814. The fourth-order valence-corrected chi connectivity index (χ4v) is 2.42. The Morgan fingerprint density at radius 3 is 2.14 bits per heavy atom. The Morgan fingerprint density at radius 1 is 1.14 bits per heavy atom. The third-order valence-electron chi connectivity index (χ3n) is 3.17. The number of rotatable bonds is 3. The van der Waals surface area contributed by atoms with Crippen molar-refractivity contribution in [1.82, 2.24) is 0 Å². The van der Waals surface area contributed by atoms with E-state index in [1.165, 1.54) is 5.56 Å². The lowest BCUT2D eigenvalue weighted by atomic mass is 9.82. The molecule has 1 nitrogen and oxygen atoms in total. The predicted octanol–water partition coefficient (Wildman–Crippen LogP) is 2.95. The van der Waals surface area contributed by atoms with Crippen molar-refractivity contribution in [1.29, 1.82) is 0 Å². The van der Waals surface area contributed by atoms with Gasteiger partial charge in [0.15, 0.2) is 0 Å². The molecule has 1 N–H and O–H groups in total. The summed E-state index contributed by atoms with van der Waals surface area (Å²) in [5.41, 5.74) is 0.873. The van der Waals surface area contributed by atoms with Crippen LogP contribution in [-0.4, -0.2) is 10.7 Å². The topological polar surface area (TPSA) is 20.2 Å². The van der Waals surface area contributed by atoms with Gasteiger partial charge in [0.2, 0.25) is 0 Å². The summed E-state index contributed by atoms with van der Waals surface area (Å²) in [7, 11) is 0. The summed E-state index contributed by atoms with van der Waals surface area (Å²) in [5, 5.41) is 10.2. The van der Waals surface area contributed by atoms with Gasteiger partial charge in [-0.25, -0.2) is 0 Å². The van der Waals surface area contributed by atoms with Gasteiger partial charge in [-0.2, -0.15) is 0 Å². The standard InChI is InChI=1S/C13H18O/c1-10(2)12(13(14)8-9-13)11-6-4-3-5-7-11/h3-7,10,12,14H,8-9H2,1-2H3/t12-/m0/s1. The monoisotopic (exact) mass is 190 g/mol. The van der Waals surface area contributed by atoms with E-state index in [-0.39, 0.29) is 0 Å². The Bertz CT molecular complexity index is 298. The van der Waals surface area contributed by atoms with Crippen LogP contribution in [-0.2, 0) is 0 Å². The van der Waals surface area contributed by atoms with Gasteiger partial charge < -0.3 is 5.11 Å². The van der Waals surface area contributed by atoms with E-state index < -0.39 is 5.60 Å². The van der Waals surface area contributed by atoms with Crippen LogP contribution in [0.15, 0.2) is 30.3 Å². The number of hydrogen-bond acceptors (Lipinski definition) is 1. The maximum absolute atomic E-state index is 10.2. The van der Waals surface area contributed by atoms with Gasteiger partial charge in [0, 0.05) is 5.92 Å². The molecule has 0 amide bonds. The SMILES string of the molecule is CC(C)[C@@H](c1ccccc1)C1(O)CC1. The predicted molar refractivity (Wildman–Crippen MR) is 58.2 cm³/mol. The molecular formula is C13H18O. The van der Waals surface area contributed by atoms with E-state index >= 15 is 0 Å². The van der Waals surface area contributed by atoms with Crippen molar-refractivity contribution < 1.29 is 5.11 Å². The molecule has 0 aliphatic heterocycles. The van der Waals surface area contributed by atoms with Crippen LogP contribution < -0.4 is 0 Å². The van der Waals surface area contributed by atoms with Crippen LogP contribution >= 0.6 is 0 Å². The lowest BCUT2D eigenvalue weighted by Crippen LogP contribution is -2.24. The van der Waals surface area contributed by atoms with E-state index in [2.05, 4.69) is 38.1 Å².